The molecule has 88 valence electrons. The molecule has 16 heavy (non-hydrogen) atoms. The third kappa shape index (κ3) is 2.96. The van der Waals surface area contributed by atoms with Gasteiger partial charge in [0.15, 0.2) is 0 Å². The molecule has 4 nitrogen and oxygen atoms in total. The van der Waals surface area contributed by atoms with E-state index in [2.05, 4.69) is 0 Å². The van der Waals surface area contributed by atoms with Crippen LogP contribution >= 0.6 is 0 Å². The molecule has 0 aliphatic carbocycles. The van der Waals surface area contributed by atoms with Crippen molar-refractivity contribution in [3.05, 3.63) is 29.8 Å². The van der Waals surface area contributed by atoms with Gasteiger partial charge < -0.3 is 4.74 Å². The minimum Gasteiger partial charge on any atom is -0.488 e. The van der Waals surface area contributed by atoms with E-state index in [1.807, 2.05) is 24.3 Å². The van der Waals surface area contributed by atoms with Gasteiger partial charge in [0, 0.05) is 0 Å². The lowest BCUT2D eigenvalue weighted by molar-refractivity contribution is 0.113. The molecule has 0 aromatic heterocycles. The maximum absolute atomic E-state index is 10.8. The van der Waals surface area contributed by atoms with Gasteiger partial charge in [0.25, 0.3) is 10.1 Å². The van der Waals surface area contributed by atoms with Crippen molar-refractivity contribution in [2.75, 3.05) is 12.9 Å². The van der Waals surface area contributed by atoms with Crippen LogP contribution in [0.4, 0.5) is 0 Å². The number of para-hydroxylation sites is 1. The van der Waals surface area contributed by atoms with Gasteiger partial charge in [0.05, 0.1) is 6.26 Å². The van der Waals surface area contributed by atoms with Gasteiger partial charge in [0.2, 0.25) is 0 Å². The number of fused-ring (bicyclic) bond motifs is 1. The van der Waals surface area contributed by atoms with Crippen LogP contribution in [0.3, 0.4) is 0 Å². The number of ether oxygens (including phenoxy) is 1. The summed E-state index contributed by atoms with van der Waals surface area (Å²) < 4.78 is 32.1. The van der Waals surface area contributed by atoms with Crippen molar-refractivity contribution in [1.29, 1.82) is 0 Å². The van der Waals surface area contributed by atoms with E-state index < -0.39 is 10.1 Å². The number of hydrogen-bond donors (Lipinski definition) is 0. The van der Waals surface area contributed by atoms with Crippen LogP contribution in [0.1, 0.15) is 12.0 Å². The summed E-state index contributed by atoms with van der Waals surface area (Å²) in [6.45, 7) is 0.0904. The molecule has 1 aromatic carbocycles. The summed E-state index contributed by atoms with van der Waals surface area (Å²) in [5.74, 6) is 0.829. The highest BCUT2D eigenvalue weighted by Crippen LogP contribution is 2.27. The topological polar surface area (TPSA) is 52.6 Å². The average Bonchev–Trinajstić information content (AvgIpc) is 2.25. The summed E-state index contributed by atoms with van der Waals surface area (Å²) in [6.07, 6.45) is 2.55. The number of hydrogen-bond acceptors (Lipinski definition) is 4. The molecule has 2 rings (SSSR count). The Labute approximate surface area is 95.3 Å². The van der Waals surface area contributed by atoms with E-state index in [4.69, 9.17) is 8.92 Å². The normalized spacial score (nSPS) is 19.9. The molecule has 0 radical (unpaired) electrons. The quantitative estimate of drug-likeness (QED) is 0.751. The fourth-order valence-corrected chi connectivity index (χ4v) is 2.10. The molecule has 5 heteroatoms. The van der Waals surface area contributed by atoms with Crippen molar-refractivity contribution >= 4 is 10.1 Å². The van der Waals surface area contributed by atoms with Crippen molar-refractivity contribution in [2.24, 2.45) is 0 Å². The van der Waals surface area contributed by atoms with E-state index in [-0.39, 0.29) is 12.7 Å². The molecule has 1 aromatic rings. The molecular formula is C11H14O4S. The highest BCUT2D eigenvalue weighted by molar-refractivity contribution is 7.85. The molecule has 1 unspecified atom stereocenters. The lowest BCUT2D eigenvalue weighted by atomic mass is 10.0. The minimum absolute atomic E-state index is 0.0904. The Kier molecular flexibility index (Phi) is 3.16. The first kappa shape index (κ1) is 11.4. The van der Waals surface area contributed by atoms with Crippen molar-refractivity contribution < 1.29 is 17.3 Å². The van der Waals surface area contributed by atoms with Crippen molar-refractivity contribution in [2.45, 2.75) is 18.9 Å². The van der Waals surface area contributed by atoms with Crippen molar-refractivity contribution in [3.63, 3.8) is 0 Å². The Bertz CT molecular complexity index is 467. The molecular weight excluding hydrogens is 228 g/mol. The van der Waals surface area contributed by atoms with Gasteiger partial charge >= 0.3 is 0 Å². The van der Waals surface area contributed by atoms with E-state index >= 15 is 0 Å². The van der Waals surface area contributed by atoms with Crippen molar-refractivity contribution in [3.8, 4) is 5.75 Å². The van der Waals surface area contributed by atoms with E-state index in [1.54, 1.807) is 0 Å². The molecule has 1 aliphatic heterocycles. The minimum atomic E-state index is -3.38. The van der Waals surface area contributed by atoms with E-state index in [0.29, 0.717) is 0 Å². The van der Waals surface area contributed by atoms with Gasteiger partial charge in [-0.2, -0.15) is 8.42 Å². The summed E-state index contributed by atoms with van der Waals surface area (Å²) in [5.41, 5.74) is 1.16. The number of aryl methyl sites for hydroxylation is 1. The van der Waals surface area contributed by atoms with Gasteiger partial charge in [-0.3, -0.25) is 4.18 Å². The zero-order chi connectivity index (χ0) is 11.6. The summed E-state index contributed by atoms with van der Waals surface area (Å²) in [4.78, 5) is 0. The lowest BCUT2D eigenvalue weighted by Gasteiger charge is -2.25. The first-order valence-corrected chi connectivity index (χ1v) is 6.95. The Morgan fingerprint density at radius 1 is 1.44 bits per heavy atom. The van der Waals surface area contributed by atoms with Gasteiger partial charge in [-0.25, -0.2) is 0 Å². The smallest absolute Gasteiger partial charge is 0.264 e. The Morgan fingerprint density at radius 2 is 2.19 bits per heavy atom. The van der Waals surface area contributed by atoms with E-state index in [0.717, 1.165) is 30.4 Å². The van der Waals surface area contributed by atoms with E-state index in [9.17, 15) is 8.42 Å². The Morgan fingerprint density at radius 3 is 2.94 bits per heavy atom. The highest BCUT2D eigenvalue weighted by atomic mass is 32.2. The van der Waals surface area contributed by atoms with E-state index in [1.165, 1.54) is 0 Å². The van der Waals surface area contributed by atoms with Crippen LogP contribution in [-0.4, -0.2) is 27.4 Å². The molecule has 0 amide bonds. The molecule has 0 saturated carbocycles. The second-order valence-corrected chi connectivity index (χ2v) is 5.52. The SMILES string of the molecule is CS(=O)(=O)OCC1CCc2ccccc2O1. The molecule has 1 aliphatic rings. The average molecular weight is 242 g/mol. The lowest BCUT2D eigenvalue weighted by Crippen LogP contribution is -2.28. The van der Waals surface area contributed by atoms with Crippen LogP contribution in [0.25, 0.3) is 0 Å². The van der Waals surface area contributed by atoms with Crippen LogP contribution in [0, 0.1) is 0 Å². The third-order valence-electron chi connectivity index (χ3n) is 2.47. The first-order chi connectivity index (χ1) is 7.54. The van der Waals surface area contributed by atoms with Gasteiger partial charge in [-0.05, 0) is 24.5 Å². The van der Waals surface area contributed by atoms with Crippen LogP contribution in [0.2, 0.25) is 0 Å². The summed E-state index contributed by atoms with van der Waals surface area (Å²) >= 11 is 0. The fourth-order valence-electron chi connectivity index (χ4n) is 1.70. The third-order valence-corrected chi connectivity index (χ3v) is 3.03. The van der Waals surface area contributed by atoms with Gasteiger partial charge in [-0.15, -0.1) is 0 Å². The van der Waals surface area contributed by atoms with Gasteiger partial charge in [0.1, 0.15) is 18.5 Å². The van der Waals surface area contributed by atoms with Crippen LogP contribution in [0.5, 0.6) is 5.75 Å². The van der Waals surface area contributed by atoms with Crippen LogP contribution in [-0.2, 0) is 20.7 Å². The second kappa shape index (κ2) is 4.43. The van der Waals surface area contributed by atoms with Gasteiger partial charge in [-0.1, -0.05) is 18.2 Å². The molecule has 1 heterocycles. The molecule has 0 saturated heterocycles. The predicted molar refractivity (Wildman–Crippen MR) is 60.0 cm³/mol. The summed E-state index contributed by atoms with van der Waals surface area (Å²) in [5, 5.41) is 0. The molecule has 0 N–H and O–H groups in total. The standard InChI is InChI=1S/C11H14O4S/c1-16(12,13)14-8-10-7-6-9-4-2-3-5-11(9)15-10/h2-5,10H,6-8H2,1H3. The molecule has 1 atom stereocenters. The fraction of sp³-hybridized carbons (Fsp3) is 0.455. The van der Waals surface area contributed by atoms with Crippen molar-refractivity contribution in [1.82, 2.24) is 0 Å². The first-order valence-electron chi connectivity index (χ1n) is 5.13. The van der Waals surface area contributed by atoms with Crippen LogP contribution in [0.15, 0.2) is 24.3 Å². The molecule has 0 bridgehead atoms. The molecule has 0 fully saturated rings. The Hall–Kier alpha value is -1.07. The zero-order valence-electron chi connectivity index (χ0n) is 9.05. The Balaban J connectivity index is 1.98. The van der Waals surface area contributed by atoms with Crippen LogP contribution < -0.4 is 4.74 Å². The molecule has 0 spiro atoms. The highest BCUT2D eigenvalue weighted by Gasteiger charge is 2.20. The summed E-state index contributed by atoms with van der Waals surface area (Å²) in [7, 11) is -3.38. The summed E-state index contributed by atoms with van der Waals surface area (Å²) in [6, 6.07) is 7.78. The largest absolute Gasteiger partial charge is 0.488 e. The zero-order valence-corrected chi connectivity index (χ0v) is 9.87. The number of rotatable bonds is 3. The number of benzene rings is 1. The second-order valence-electron chi connectivity index (χ2n) is 3.87. The predicted octanol–water partition coefficient (Wildman–Crippen LogP) is 1.36. The maximum Gasteiger partial charge on any atom is 0.264 e. The monoisotopic (exact) mass is 242 g/mol. The maximum atomic E-state index is 10.8.